The molecule has 162 valence electrons. The van der Waals surface area contributed by atoms with Gasteiger partial charge in [-0.15, -0.1) is 0 Å². The zero-order valence-corrected chi connectivity index (χ0v) is 17.3. The summed E-state index contributed by atoms with van der Waals surface area (Å²) in [5.74, 6) is 0.496. The van der Waals surface area contributed by atoms with Crippen LogP contribution in [0, 0.1) is 0 Å². The smallest absolute Gasteiger partial charge is 0.485 e. The molecule has 1 aliphatic heterocycles. The minimum Gasteiger partial charge on any atom is -0.741 e. The van der Waals surface area contributed by atoms with Gasteiger partial charge in [0.2, 0.25) is 0 Å². The van der Waals surface area contributed by atoms with Gasteiger partial charge in [0.15, 0.2) is 10.1 Å². The summed E-state index contributed by atoms with van der Waals surface area (Å²) in [4.78, 5) is 11.5. The Bertz CT molecular complexity index is 497. The van der Waals surface area contributed by atoms with E-state index in [1.807, 2.05) is 0 Å². The average molecular weight is 418 g/mol. The lowest BCUT2D eigenvalue weighted by Crippen LogP contribution is -2.54. The van der Waals surface area contributed by atoms with Crippen molar-refractivity contribution in [2.24, 2.45) is 0 Å². The number of rotatable bonds is 10. The van der Waals surface area contributed by atoms with Gasteiger partial charge in [-0.1, -0.05) is 39.5 Å². The normalized spacial score (nSPS) is 17.3. The molecule has 1 fully saturated rings. The molecule has 1 rings (SSSR count). The van der Waals surface area contributed by atoms with Crippen molar-refractivity contribution in [1.82, 2.24) is 0 Å². The van der Waals surface area contributed by atoms with Crippen molar-refractivity contribution in [3.05, 3.63) is 0 Å². The SMILES string of the molecule is CCCCCC[N+]1(CCCCCC)CCC(=O)CC1.O=S(=O)([O-])C(F)(F)F. The maximum Gasteiger partial charge on any atom is 0.485 e. The lowest BCUT2D eigenvalue weighted by molar-refractivity contribution is -0.929. The molecule has 0 aromatic rings. The molecule has 0 spiro atoms. The fourth-order valence-electron chi connectivity index (χ4n) is 3.27. The third-order valence-corrected chi connectivity index (χ3v) is 5.55. The molecule has 0 unspecified atom stereocenters. The molecule has 0 N–H and O–H groups in total. The lowest BCUT2D eigenvalue weighted by Gasteiger charge is -2.41. The van der Waals surface area contributed by atoms with Gasteiger partial charge in [-0.25, -0.2) is 8.42 Å². The standard InChI is InChI=1S/C17H34NO.CHF3O3S/c1-3-5-7-9-13-18(14-10-8-6-4-2)15-11-17(19)12-16-18;2-1(3,4)8(5,6)7/h3-16H2,1-2H3;(H,5,6,7)/q+1;/p-1. The predicted molar refractivity (Wildman–Crippen MR) is 98.0 cm³/mol. The highest BCUT2D eigenvalue weighted by atomic mass is 32.2. The summed E-state index contributed by atoms with van der Waals surface area (Å²) in [6.07, 6.45) is 12.5. The van der Waals surface area contributed by atoms with Crippen LogP contribution in [-0.2, 0) is 14.9 Å². The van der Waals surface area contributed by atoms with Crippen LogP contribution in [0.5, 0.6) is 0 Å². The summed E-state index contributed by atoms with van der Waals surface area (Å²) in [5, 5.41) is 0. The van der Waals surface area contributed by atoms with E-state index in [0.29, 0.717) is 5.78 Å². The van der Waals surface area contributed by atoms with Crippen LogP contribution in [0.2, 0.25) is 0 Å². The molecule has 1 aliphatic rings. The Hall–Kier alpha value is -0.670. The number of ketones is 1. The minimum absolute atomic E-state index is 0.496. The lowest BCUT2D eigenvalue weighted by atomic mass is 10.0. The van der Waals surface area contributed by atoms with E-state index >= 15 is 0 Å². The molecule has 5 nitrogen and oxygen atoms in total. The van der Waals surface area contributed by atoms with E-state index in [4.69, 9.17) is 13.0 Å². The van der Waals surface area contributed by atoms with Crippen LogP contribution in [-0.4, -0.2) is 54.9 Å². The van der Waals surface area contributed by atoms with Crippen molar-refractivity contribution in [3.8, 4) is 0 Å². The maximum absolute atomic E-state index is 11.5. The maximum atomic E-state index is 11.5. The molecule has 0 atom stereocenters. The fraction of sp³-hybridized carbons (Fsp3) is 0.944. The van der Waals surface area contributed by atoms with Crippen molar-refractivity contribution in [2.45, 2.75) is 83.6 Å². The summed E-state index contributed by atoms with van der Waals surface area (Å²) in [7, 11) is -6.09. The Morgan fingerprint density at radius 2 is 1.26 bits per heavy atom. The Balaban J connectivity index is 0.000000713. The Kier molecular flexibility index (Phi) is 12.4. The molecule has 1 heterocycles. The quantitative estimate of drug-likeness (QED) is 0.229. The number of alkyl halides is 3. The monoisotopic (exact) mass is 417 g/mol. The number of Topliss-reactive ketones (excluding diaryl/α,β-unsaturated/α-hetero) is 1. The third kappa shape index (κ3) is 11.7. The first-order chi connectivity index (χ1) is 12.5. The first-order valence-corrected chi connectivity index (χ1v) is 11.3. The minimum atomic E-state index is -6.09. The zero-order valence-electron chi connectivity index (χ0n) is 16.5. The van der Waals surface area contributed by atoms with Gasteiger partial charge in [-0.2, -0.15) is 13.2 Å². The van der Waals surface area contributed by atoms with Crippen molar-refractivity contribution >= 4 is 15.9 Å². The highest BCUT2D eigenvalue weighted by Crippen LogP contribution is 2.21. The molecule has 0 bridgehead atoms. The van der Waals surface area contributed by atoms with E-state index in [2.05, 4.69) is 13.8 Å². The van der Waals surface area contributed by atoms with Gasteiger partial charge < -0.3 is 9.04 Å². The van der Waals surface area contributed by atoms with Gasteiger partial charge in [0, 0.05) is 0 Å². The van der Waals surface area contributed by atoms with Crippen LogP contribution < -0.4 is 0 Å². The van der Waals surface area contributed by atoms with Gasteiger partial charge in [-0.3, -0.25) is 4.79 Å². The number of likely N-dealkylation sites (tertiary alicyclic amines) is 1. The van der Waals surface area contributed by atoms with E-state index < -0.39 is 15.6 Å². The number of hydrogen-bond acceptors (Lipinski definition) is 4. The summed E-state index contributed by atoms with van der Waals surface area (Å²) in [5.41, 5.74) is -5.65. The first-order valence-electron chi connectivity index (χ1n) is 9.86. The molecule has 1 saturated heterocycles. The number of nitrogens with zero attached hydrogens (tertiary/aromatic N) is 1. The number of carbonyl (C=O) groups excluding carboxylic acids is 1. The van der Waals surface area contributed by atoms with Crippen LogP contribution in [0.1, 0.15) is 78.1 Å². The van der Waals surface area contributed by atoms with Crippen molar-refractivity contribution in [2.75, 3.05) is 26.2 Å². The number of halogens is 3. The molecular weight excluding hydrogens is 383 g/mol. The van der Waals surface area contributed by atoms with E-state index in [0.717, 1.165) is 25.9 Å². The Morgan fingerprint density at radius 1 is 0.889 bits per heavy atom. The first kappa shape index (κ1) is 26.3. The largest absolute Gasteiger partial charge is 0.741 e. The predicted octanol–water partition coefficient (Wildman–Crippen LogP) is 4.38. The summed E-state index contributed by atoms with van der Waals surface area (Å²) in [6.45, 7) is 9.43. The zero-order chi connectivity index (χ0) is 21.0. The van der Waals surface area contributed by atoms with Crippen molar-refractivity contribution < 1.29 is 35.4 Å². The van der Waals surface area contributed by atoms with Gasteiger partial charge in [0.05, 0.1) is 39.0 Å². The molecule has 0 aromatic carbocycles. The summed E-state index contributed by atoms with van der Waals surface area (Å²) >= 11 is 0. The van der Waals surface area contributed by atoms with E-state index in [-0.39, 0.29) is 0 Å². The highest BCUT2D eigenvalue weighted by Gasteiger charge is 2.37. The number of carbonyl (C=O) groups is 1. The Labute approximate surface area is 161 Å². The molecule has 27 heavy (non-hydrogen) atoms. The molecule has 0 amide bonds. The van der Waals surface area contributed by atoms with Crippen molar-refractivity contribution in [1.29, 1.82) is 0 Å². The fourth-order valence-corrected chi connectivity index (χ4v) is 3.27. The van der Waals surface area contributed by atoms with Crippen LogP contribution >= 0.6 is 0 Å². The Morgan fingerprint density at radius 3 is 1.56 bits per heavy atom. The summed E-state index contributed by atoms with van der Waals surface area (Å²) in [6, 6.07) is 0. The number of piperidine rings is 1. The molecular formula is C18H34F3NO4S. The van der Waals surface area contributed by atoms with Crippen LogP contribution in [0.25, 0.3) is 0 Å². The van der Waals surface area contributed by atoms with Crippen molar-refractivity contribution in [3.63, 3.8) is 0 Å². The molecule has 0 radical (unpaired) electrons. The van der Waals surface area contributed by atoms with Crippen LogP contribution in [0.15, 0.2) is 0 Å². The molecule has 0 aliphatic carbocycles. The molecule has 0 aromatic heterocycles. The van der Waals surface area contributed by atoms with Gasteiger partial charge >= 0.3 is 5.51 Å². The second kappa shape index (κ2) is 12.7. The van der Waals surface area contributed by atoms with Gasteiger partial charge in [0.25, 0.3) is 0 Å². The van der Waals surface area contributed by atoms with E-state index in [1.165, 1.54) is 68.9 Å². The van der Waals surface area contributed by atoms with E-state index in [9.17, 15) is 18.0 Å². The van der Waals surface area contributed by atoms with Crippen LogP contribution in [0.3, 0.4) is 0 Å². The van der Waals surface area contributed by atoms with Gasteiger partial charge in [-0.05, 0) is 25.7 Å². The second-order valence-corrected chi connectivity index (χ2v) is 8.67. The number of unbranched alkanes of at least 4 members (excludes halogenated alkanes) is 6. The van der Waals surface area contributed by atoms with Crippen LogP contribution in [0.4, 0.5) is 13.2 Å². The number of quaternary nitrogens is 1. The summed E-state index contributed by atoms with van der Waals surface area (Å²) < 4.78 is 60.2. The highest BCUT2D eigenvalue weighted by molar-refractivity contribution is 7.86. The van der Waals surface area contributed by atoms with Gasteiger partial charge in [0.1, 0.15) is 5.78 Å². The molecule has 9 heteroatoms. The average Bonchev–Trinajstić information content (AvgIpc) is 2.57. The topological polar surface area (TPSA) is 74.3 Å². The second-order valence-electron chi connectivity index (χ2n) is 7.30. The van der Waals surface area contributed by atoms with E-state index in [1.54, 1.807) is 0 Å². The third-order valence-electron chi connectivity index (χ3n) is 4.99. The molecule has 0 saturated carbocycles. The number of hydrogen-bond donors (Lipinski definition) is 0.